The smallest absolute Gasteiger partial charge is 0.236 e. The number of pyridine rings is 1. The largest absolute Gasteiger partial charge is 0.486 e. The van der Waals surface area contributed by atoms with Crippen molar-refractivity contribution in [2.45, 2.75) is 31.7 Å². The zero-order valence-corrected chi connectivity index (χ0v) is 18.1. The van der Waals surface area contributed by atoms with Crippen molar-refractivity contribution in [3.05, 3.63) is 71.7 Å². The lowest BCUT2D eigenvalue weighted by molar-refractivity contribution is -0.113. The van der Waals surface area contributed by atoms with E-state index in [1.807, 2.05) is 28.8 Å². The summed E-state index contributed by atoms with van der Waals surface area (Å²) >= 11 is 7.09. The topological polar surface area (TPSA) is 81.9 Å². The Hall–Kier alpha value is -2.84. The summed E-state index contributed by atoms with van der Waals surface area (Å²) in [6.07, 6.45) is 4.22. The predicted octanol–water partition coefficient (Wildman–Crippen LogP) is 4.38. The maximum atomic E-state index is 12.2. The molecule has 0 aliphatic heterocycles. The Morgan fingerprint density at radius 2 is 2.07 bits per heavy atom. The molecule has 0 aliphatic carbocycles. The summed E-state index contributed by atoms with van der Waals surface area (Å²) in [6, 6.07) is 11.3. The molecule has 156 valence electrons. The summed E-state index contributed by atoms with van der Waals surface area (Å²) in [5.74, 6) is 1.84. The van der Waals surface area contributed by atoms with Gasteiger partial charge in [0.1, 0.15) is 18.2 Å². The fraction of sp³-hybridized carbons (Fsp3) is 0.238. The molecule has 3 aromatic rings. The number of amides is 1. The van der Waals surface area contributed by atoms with Gasteiger partial charge in [-0.15, -0.1) is 16.8 Å². The molecule has 0 fully saturated rings. The van der Waals surface area contributed by atoms with E-state index >= 15 is 0 Å². The second-order valence-corrected chi connectivity index (χ2v) is 7.66. The summed E-state index contributed by atoms with van der Waals surface area (Å²) in [5, 5.41) is 12.3. The molecule has 2 aromatic heterocycles. The first kappa shape index (κ1) is 21.9. The molecule has 0 radical (unpaired) electrons. The van der Waals surface area contributed by atoms with E-state index in [0.29, 0.717) is 28.4 Å². The number of nitrogens with zero attached hydrogens (tertiary/aromatic N) is 4. The van der Waals surface area contributed by atoms with Crippen LogP contribution in [0.2, 0.25) is 5.02 Å². The number of hydrogen-bond donors (Lipinski definition) is 1. The third-order valence-electron chi connectivity index (χ3n) is 4.13. The summed E-state index contributed by atoms with van der Waals surface area (Å²) < 4.78 is 7.72. The Labute approximate surface area is 184 Å². The van der Waals surface area contributed by atoms with Crippen molar-refractivity contribution in [2.75, 3.05) is 11.1 Å². The SMILES string of the molecule is C=CCn1c(COc2ccc(CC)cc2)nnc1SCC(=O)Nc1ccc(Cl)cn1. The van der Waals surface area contributed by atoms with Crippen LogP contribution >= 0.6 is 23.4 Å². The molecule has 0 atom stereocenters. The zero-order chi connectivity index (χ0) is 21.3. The maximum Gasteiger partial charge on any atom is 0.236 e. The van der Waals surface area contributed by atoms with Crippen molar-refractivity contribution in [1.29, 1.82) is 0 Å². The Balaban J connectivity index is 1.59. The Kier molecular flexibility index (Phi) is 7.87. The minimum atomic E-state index is -0.197. The number of thioether (sulfide) groups is 1. The molecule has 2 heterocycles. The molecule has 30 heavy (non-hydrogen) atoms. The summed E-state index contributed by atoms with van der Waals surface area (Å²) in [7, 11) is 0. The summed E-state index contributed by atoms with van der Waals surface area (Å²) in [6.45, 7) is 6.69. The lowest BCUT2D eigenvalue weighted by Crippen LogP contribution is -2.15. The number of ether oxygens (including phenoxy) is 1. The van der Waals surface area contributed by atoms with Crippen molar-refractivity contribution in [1.82, 2.24) is 19.7 Å². The molecule has 0 aliphatic rings. The highest BCUT2D eigenvalue weighted by molar-refractivity contribution is 7.99. The average Bonchev–Trinajstić information content (AvgIpc) is 3.14. The first-order valence-corrected chi connectivity index (χ1v) is 10.7. The van der Waals surface area contributed by atoms with Crippen molar-refractivity contribution in [3.8, 4) is 5.75 Å². The highest BCUT2D eigenvalue weighted by Crippen LogP contribution is 2.20. The molecule has 0 saturated carbocycles. The van der Waals surface area contributed by atoms with E-state index in [1.165, 1.54) is 23.5 Å². The van der Waals surface area contributed by atoms with E-state index in [1.54, 1.807) is 18.2 Å². The van der Waals surface area contributed by atoms with Gasteiger partial charge in [-0.1, -0.05) is 48.5 Å². The van der Waals surface area contributed by atoms with Crippen LogP contribution in [0.15, 0.2) is 60.4 Å². The van der Waals surface area contributed by atoms with Gasteiger partial charge >= 0.3 is 0 Å². The van der Waals surface area contributed by atoms with Crippen LogP contribution in [0, 0.1) is 0 Å². The second kappa shape index (κ2) is 10.8. The molecular weight excluding hydrogens is 422 g/mol. The highest BCUT2D eigenvalue weighted by Gasteiger charge is 2.14. The third kappa shape index (κ3) is 6.08. The normalized spacial score (nSPS) is 10.6. The number of hydrogen-bond acceptors (Lipinski definition) is 6. The van der Waals surface area contributed by atoms with Gasteiger partial charge in [-0.2, -0.15) is 0 Å². The number of aromatic nitrogens is 4. The van der Waals surface area contributed by atoms with Gasteiger partial charge in [-0.05, 0) is 36.2 Å². The minimum Gasteiger partial charge on any atom is -0.486 e. The predicted molar refractivity (Wildman–Crippen MR) is 119 cm³/mol. The highest BCUT2D eigenvalue weighted by atomic mass is 35.5. The Bertz CT molecular complexity index is 990. The molecule has 0 saturated heterocycles. The van der Waals surface area contributed by atoms with Crippen molar-refractivity contribution in [2.24, 2.45) is 0 Å². The van der Waals surface area contributed by atoms with Gasteiger partial charge in [0, 0.05) is 12.7 Å². The second-order valence-electron chi connectivity index (χ2n) is 6.28. The number of benzene rings is 1. The third-order valence-corrected chi connectivity index (χ3v) is 5.32. The Morgan fingerprint density at radius 1 is 1.27 bits per heavy atom. The lowest BCUT2D eigenvalue weighted by atomic mass is 10.2. The number of aryl methyl sites for hydroxylation is 1. The van der Waals surface area contributed by atoms with Gasteiger partial charge < -0.3 is 10.1 Å². The van der Waals surface area contributed by atoms with Crippen molar-refractivity contribution in [3.63, 3.8) is 0 Å². The van der Waals surface area contributed by atoms with Crippen molar-refractivity contribution < 1.29 is 9.53 Å². The standard InChI is InChI=1S/C21H22ClN5O2S/c1-3-11-27-19(13-29-17-8-5-15(4-2)6-9-17)25-26-21(27)30-14-20(28)24-18-10-7-16(22)12-23-18/h3,5-10,12H,1,4,11,13-14H2,2H3,(H,23,24,28). The minimum absolute atomic E-state index is 0.166. The van der Waals surface area contributed by atoms with Gasteiger partial charge in [0.2, 0.25) is 5.91 Å². The lowest BCUT2D eigenvalue weighted by Gasteiger charge is -2.09. The number of rotatable bonds is 10. The van der Waals surface area contributed by atoms with Crippen LogP contribution in [-0.2, 0) is 24.4 Å². The van der Waals surface area contributed by atoms with Crippen LogP contribution in [0.4, 0.5) is 5.82 Å². The molecule has 0 bridgehead atoms. The van der Waals surface area contributed by atoms with E-state index in [4.69, 9.17) is 16.3 Å². The number of anilines is 1. The summed E-state index contributed by atoms with van der Waals surface area (Å²) in [5.41, 5.74) is 1.25. The number of halogens is 1. The van der Waals surface area contributed by atoms with Crippen LogP contribution in [0.5, 0.6) is 5.75 Å². The fourth-order valence-corrected chi connectivity index (χ4v) is 3.45. The van der Waals surface area contributed by atoms with Gasteiger partial charge in [0.05, 0.1) is 10.8 Å². The van der Waals surface area contributed by atoms with Gasteiger partial charge in [-0.3, -0.25) is 9.36 Å². The molecule has 9 heteroatoms. The number of allylic oxidation sites excluding steroid dienone is 1. The molecule has 1 N–H and O–H groups in total. The molecule has 0 unspecified atom stereocenters. The first-order chi connectivity index (χ1) is 14.6. The maximum absolute atomic E-state index is 12.2. The number of carbonyl (C=O) groups is 1. The van der Waals surface area contributed by atoms with Crippen LogP contribution in [0.1, 0.15) is 18.3 Å². The van der Waals surface area contributed by atoms with Gasteiger partial charge in [0.15, 0.2) is 11.0 Å². The van der Waals surface area contributed by atoms with Crippen LogP contribution in [0.25, 0.3) is 0 Å². The van der Waals surface area contributed by atoms with E-state index in [0.717, 1.165) is 12.2 Å². The van der Waals surface area contributed by atoms with Gasteiger partial charge in [0.25, 0.3) is 0 Å². The number of nitrogens with one attached hydrogen (secondary N) is 1. The van der Waals surface area contributed by atoms with Gasteiger partial charge in [-0.25, -0.2) is 4.98 Å². The molecular formula is C21H22ClN5O2S. The fourth-order valence-electron chi connectivity index (χ4n) is 2.57. The average molecular weight is 444 g/mol. The monoisotopic (exact) mass is 443 g/mol. The van der Waals surface area contributed by atoms with E-state index in [-0.39, 0.29) is 18.3 Å². The molecule has 3 rings (SSSR count). The van der Waals surface area contributed by atoms with E-state index < -0.39 is 0 Å². The first-order valence-electron chi connectivity index (χ1n) is 9.38. The van der Waals surface area contributed by atoms with Crippen LogP contribution < -0.4 is 10.1 Å². The molecule has 7 nitrogen and oxygen atoms in total. The molecule has 1 amide bonds. The van der Waals surface area contributed by atoms with Crippen LogP contribution in [0.3, 0.4) is 0 Å². The van der Waals surface area contributed by atoms with Crippen LogP contribution in [-0.4, -0.2) is 31.4 Å². The quantitative estimate of drug-likeness (QED) is 0.369. The van der Waals surface area contributed by atoms with E-state index in [2.05, 4.69) is 34.0 Å². The summed E-state index contributed by atoms with van der Waals surface area (Å²) in [4.78, 5) is 16.3. The molecule has 1 aromatic carbocycles. The zero-order valence-electron chi connectivity index (χ0n) is 16.5. The number of carbonyl (C=O) groups excluding carboxylic acids is 1. The molecule has 0 spiro atoms. The van der Waals surface area contributed by atoms with Crippen molar-refractivity contribution >= 4 is 35.1 Å². The van der Waals surface area contributed by atoms with E-state index in [9.17, 15) is 4.79 Å². The Morgan fingerprint density at radius 3 is 2.73 bits per heavy atom.